The minimum absolute atomic E-state index is 0.0702. The van der Waals surface area contributed by atoms with Gasteiger partial charge in [0.1, 0.15) is 18.0 Å². The van der Waals surface area contributed by atoms with Crippen molar-refractivity contribution in [1.82, 2.24) is 14.9 Å². The first kappa shape index (κ1) is 31.3. The number of hydrogen-bond acceptors (Lipinski definition) is 8. The number of carbonyl (C=O) groups excluding carboxylic acids is 1. The van der Waals surface area contributed by atoms with Gasteiger partial charge in [-0.3, -0.25) is 4.79 Å². The molecule has 0 bridgehead atoms. The van der Waals surface area contributed by atoms with Crippen LogP contribution in [0.1, 0.15) is 57.2 Å². The molecule has 2 aliphatic heterocycles. The van der Waals surface area contributed by atoms with E-state index >= 15 is 0 Å². The molecular weight excluding hydrogens is 555 g/mol. The molecule has 42 heavy (non-hydrogen) atoms. The van der Waals surface area contributed by atoms with E-state index in [0.29, 0.717) is 30.6 Å². The lowest BCUT2D eigenvalue weighted by Gasteiger charge is -2.36. The summed E-state index contributed by atoms with van der Waals surface area (Å²) in [6, 6.07) is 1.18. The molecule has 4 rings (SSSR count). The molecule has 2 fully saturated rings. The number of aromatic nitrogens is 2. The summed E-state index contributed by atoms with van der Waals surface area (Å²) in [5.74, 6) is -2.08. The van der Waals surface area contributed by atoms with Gasteiger partial charge in [0, 0.05) is 44.6 Å². The quantitative estimate of drug-likeness (QED) is 0.474. The maximum absolute atomic E-state index is 14.2. The molecule has 0 aromatic carbocycles. The monoisotopic (exact) mass is 593 g/mol. The lowest BCUT2D eigenvalue weighted by molar-refractivity contribution is -0.159. The number of halogens is 3. The van der Waals surface area contributed by atoms with Crippen LogP contribution >= 0.6 is 0 Å². The Balaban J connectivity index is 1.98. The molecular formula is C29H38F3N5O5. The zero-order valence-corrected chi connectivity index (χ0v) is 24.6. The highest BCUT2D eigenvalue weighted by Gasteiger charge is 2.59. The van der Waals surface area contributed by atoms with Gasteiger partial charge in [-0.1, -0.05) is 26.8 Å². The summed E-state index contributed by atoms with van der Waals surface area (Å²) in [6.45, 7) is 5.92. The number of nitrogens with zero attached hydrogens (tertiary/aromatic N) is 4. The van der Waals surface area contributed by atoms with Gasteiger partial charge in [-0.05, 0) is 36.8 Å². The van der Waals surface area contributed by atoms with Crippen molar-refractivity contribution in [3.05, 3.63) is 41.7 Å². The Morgan fingerprint density at radius 1 is 1.19 bits per heavy atom. The maximum Gasteiger partial charge on any atom is 0.417 e. The van der Waals surface area contributed by atoms with Gasteiger partial charge in [-0.2, -0.15) is 13.2 Å². The van der Waals surface area contributed by atoms with Gasteiger partial charge in [0.2, 0.25) is 5.88 Å². The van der Waals surface area contributed by atoms with Crippen molar-refractivity contribution in [3.8, 4) is 5.88 Å². The number of rotatable bonds is 7. The lowest BCUT2D eigenvalue weighted by Crippen LogP contribution is -2.51. The van der Waals surface area contributed by atoms with Gasteiger partial charge < -0.3 is 29.7 Å². The second-order valence-electron chi connectivity index (χ2n) is 12.0. The van der Waals surface area contributed by atoms with E-state index in [4.69, 9.17) is 9.47 Å². The molecule has 0 radical (unpaired) electrons. The Labute approximate surface area is 243 Å². The van der Waals surface area contributed by atoms with Crippen LogP contribution in [-0.2, 0) is 20.5 Å². The fourth-order valence-electron chi connectivity index (χ4n) is 6.15. The molecule has 0 saturated carbocycles. The number of nitrogens with one attached hydrogen (secondary N) is 1. The molecule has 2 aromatic heterocycles. The van der Waals surface area contributed by atoms with Gasteiger partial charge in [0.05, 0.1) is 30.4 Å². The summed E-state index contributed by atoms with van der Waals surface area (Å²) in [6.07, 6.45) is -1.28. The molecule has 2 N–H and O–H groups in total. The number of carboxylic acids is 1. The number of alkyl halides is 3. The molecule has 2 aliphatic rings. The Bertz CT molecular complexity index is 1290. The van der Waals surface area contributed by atoms with E-state index in [1.807, 2.05) is 20.8 Å². The number of carboxylic acid groups (broad SMARTS) is 1. The summed E-state index contributed by atoms with van der Waals surface area (Å²) in [5.41, 5.74) is -1.26. The highest BCUT2D eigenvalue weighted by Crippen LogP contribution is 2.51. The Morgan fingerprint density at radius 3 is 2.45 bits per heavy atom. The molecule has 4 heterocycles. The number of methoxy groups -OCH3 is 1. The van der Waals surface area contributed by atoms with Crippen LogP contribution in [0.15, 0.2) is 30.6 Å². The largest absolute Gasteiger partial charge is 0.480 e. The van der Waals surface area contributed by atoms with E-state index in [2.05, 4.69) is 15.3 Å². The molecule has 2 aromatic rings. The maximum atomic E-state index is 14.2. The Morgan fingerprint density at radius 2 is 1.90 bits per heavy atom. The average Bonchev–Trinajstić information content (AvgIpc) is 3.28. The van der Waals surface area contributed by atoms with Gasteiger partial charge in [-0.15, -0.1) is 0 Å². The SMILES string of the molecule is COc1ncc(C(F)(F)F)cc1N[C@H]1[C@H](C(C)(C)C)[C@@H](C(=O)O)N(C(=O)[C@@H]2CCCCO2)[C@H]1c1cccnc1N(C)C. The summed E-state index contributed by atoms with van der Waals surface area (Å²) in [4.78, 5) is 38.8. The molecule has 0 unspecified atom stereocenters. The smallest absolute Gasteiger partial charge is 0.417 e. The fourth-order valence-corrected chi connectivity index (χ4v) is 6.15. The number of likely N-dealkylation sites (tertiary alicyclic amines) is 1. The number of hydrogen-bond donors (Lipinski definition) is 2. The number of anilines is 2. The molecule has 13 heteroatoms. The molecule has 230 valence electrons. The van der Waals surface area contributed by atoms with Crippen molar-refractivity contribution in [2.45, 2.75) is 70.4 Å². The van der Waals surface area contributed by atoms with E-state index < -0.39 is 59.2 Å². The predicted octanol–water partition coefficient (Wildman–Crippen LogP) is 4.62. The third-order valence-corrected chi connectivity index (χ3v) is 7.88. The van der Waals surface area contributed by atoms with E-state index in [9.17, 15) is 27.9 Å². The van der Waals surface area contributed by atoms with Crippen LogP contribution in [0.5, 0.6) is 5.88 Å². The first-order chi connectivity index (χ1) is 19.7. The topological polar surface area (TPSA) is 117 Å². The number of ether oxygens (including phenoxy) is 2. The van der Waals surface area contributed by atoms with E-state index in [-0.39, 0.29) is 11.6 Å². The number of pyridine rings is 2. The summed E-state index contributed by atoms with van der Waals surface area (Å²) < 4.78 is 52.4. The van der Waals surface area contributed by atoms with Crippen LogP contribution in [0.2, 0.25) is 0 Å². The minimum Gasteiger partial charge on any atom is -0.480 e. The van der Waals surface area contributed by atoms with E-state index in [0.717, 1.165) is 18.9 Å². The first-order valence-electron chi connectivity index (χ1n) is 13.8. The normalized spacial score (nSPS) is 24.8. The van der Waals surface area contributed by atoms with Crippen molar-refractivity contribution < 1.29 is 37.3 Å². The van der Waals surface area contributed by atoms with Crippen molar-refractivity contribution in [1.29, 1.82) is 0 Å². The van der Waals surface area contributed by atoms with Gasteiger partial charge in [0.25, 0.3) is 5.91 Å². The zero-order chi connectivity index (χ0) is 31.0. The molecule has 0 spiro atoms. The Hall–Kier alpha value is -3.61. The second-order valence-corrected chi connectivity index (χ2v) is 12.0. The van der Waals surface area contributed by atoms with Gasteiger partial charge in [-0.25, -0.2) is 14.8 Å². The second kappa shape index (κ2) is 11.9. The first-order valence-corrected chi connectivity index (χ1v) is 13.8. The number of aliphatic carboxylic acids is 1. The molecule has 10 nitrogen and oxygen atoms in total. The van der Waals surface area contributed by atoms with Crippen LogP contribution in [0.25, 0.3) is 0 Å². The highest BCUT2D eigenvalue weighted by molar-refractivity contribution is 5.89. The van der Waals surface area contributed by atoms with Crippen molar-refractivity contribution in [2.75, 3.05) is 38.0 Å². The van der Waals surface area contributed by atoms with Crippen LogP contribution in [-0.4, -0.2) is 77.9 Å². The summed E-state index contributed by atoms with van der Waals surface area (Å²) >= 11 is 0. The summed E-state index contributed by atoms with van der Waals surface area (Å²) in [7, 11) is 4.83. The highest BCUT2D eigenvalue weighted by atomic mass is 19.4. The Kier molecular flexibility index (Phi) is 8.91. The molecule has 5 atom stereocenters. The van der Waals surface area contributed by atoms with Crippen LogP contribution in [0.4, 0.5) is 24.7 Å². The van der Waals surface area contributed by atoms with Crippen molar-refractivity contribution in [2.24, 2.45) is 11.3 Å². The summed E-state index contributed by atoms with van der Waals surface area (Å²) in [5, 5.41) is 13.9. The van der Waals surface area contributed by atoms with Gasteiger partial charge >= 0.3 is 12.1 Å². The molecule has 0 aliphatic carbocycles. The number of amides is 1. The third kappa shape index (κ3) is 6.11. The van der Waals surface area contributed by atoms with E-state index in [1.54, 1.807) is 37.3 Å². The van der Waals surface area contributed by atoms with Crippen LogP contribution < -0.4 is 15.0 Å². The fraction of sp³-hybridized carbons (Fsp3) is 0.586. The predicted molar refractivity (Wildman–Crippen MR) is 149 cm³/mol. The molecule has 1 amide bonds. The third-order valence-electron chi connectivity index (χ3n) is 7.88. The van der Waals surface area contributed by atoms with Crippen molar-refractivity contribution in [3.63, 3.8) is 0 Å². The molecule has 2 saturated heterocycles. The van der Waals surface area contributed by atoms with Crippen LogP contribution in [0.3, 0.4) is 0 Å². The van der Waals surface area contributed by atoms with Crippen molar-refractivity contribution >= 4 is 23.4 Å². The lowest BCUT2D eigenvalue weighted by atomic mass is 9.72. The van der Waals surface area contributed by atoms with Crippen LogP contribution in [0, 0.1) is 11.3 Å². The minimum atomic E-state index is -4.68. The van der Waals surface area contributed by atoms with Gasteiger partial charge in [0.15, 0.2) is 0 Å². The van der Waals surface area contributed by atoms with E-state index in [1.165, 1.54) is 12.0 Å². The zero-order valence-electron chi connectivity index (χ0n) is 24.6. The standard InChI is InChI=1S/C29H38F3N5O5/c1-28(2,3)20-21(35-18-14-16(29(30,31)32)15-34-25(18)41-6)22(17-10-9-12-33-24(17)36(4)5)37(23(20)27(39)40)26(38)19-11-7-8-13-42-19/h9-10,12,14-15,19-23,35H,7-8,11,13H2,1-6H3,(H,39,40)/t19-,20-,21-,22-,23-/m0/s1. The average molecular weight is 594 g/mol. The number of carbonyl (C=O) groups is 2.